The lowest BCUT2D eigenvalue weighted by molar-refractivity contribution is 0.102. The number of para-hydroxylation sites is 1. The fraction of sp³-hybridized carbons (Fsp3) is 0.136. The molecule has 0 aliphatic rings. The summed E-state index contributed by atoms with van der Waals surface area (Å²) >= 11 is 0. The van der Waals surface area contributed by atoms with Crippen molar-refractivity contribution in [3.63, 3.8) is 0 Å². The summed E-state index contributed by atoms with van der Waals surface area (Å²) in [6, 6.07) is 16.7. The second kappa shape index (κ2) is 7.71. The molecule has 2 aromatic carbocycles. The van der Waals surface area contributed by atoms with E-state index in [9.17, 15) is 4.79 Å². The lowest BCUT2D eigenvalue weighted by atomic mass is 10.0. The van der Waals surface area contributed by atoms with E-state index in [1.54, 1.807) is 36.5 Å². The maximum absolute atomic E-state index is 12.6. The van der Waals surface area contributed by atoms with Crippen LogP contribution in [0.15, 0.2) is 54.7 Å². The molecule has 5 heteroatoms. The van der Waals surface area contributed by atoms with Crippen LogP contribution in [0.3, 0.4) is 0 Å². The third-order valence-corrected chi connectivity index (χ3v) is 4.23. The first kappa shape index (κ1) is 18.2. The average molecular weight is 356 g/mol. The van der Waals surface area contributed by atoms with Gasteiger partial charge in [0.05, 0.1) is 11.3 Å². The Kier molecular flexibility index (Phi) is 5.18. The number of hydrogen-bond acceptors (Lipinski definition) is 4. The molecule has 134 valence electrons. The van der Waals surface area contributed by atoms with E-state index in [-0.39, 0.29) is 11.6 Å². The molecule has 1 heterocycles. The molecule has 0 unspecified atom stereocenters. The Labute approximate surface area is 158 Å². The van der Waals surface area contributed by atoms with Crippen molar-refractivity contribution in [2.24, 2.45) is 0 Å². The minimum absolute atomic E-state index is 0.273. The Hall–Kier alpha value is -3.65. The molecule has 0 saturated carbocycles. The highest BCUT2D eigenvalue weighted by molar-refractivity contribution is 6.04. The van der Waals surface area contributed by atoms with Crippen LogP contribution >= 0.6 is 0 Å². The van der Waals surface area contributed by atoms with E-state index in [1.165, 1.54) is 5.56 Å². The fourth-order valence-electron chi connectivity index (χ4n) is 3.03. The van der Waals surface area contributed by atoms with Gasteiger partial charge in [0.2, 0.25) is 0 Å². The number of carbonyl (C=O) groups is 1. The van der Waals surface area contributed by atoms with Gasteiger partial charge in [-0.25, -0.2) is 0 Å². The van der Waals surface area contributed by atoms with Crippen molar-refractivity contribution in [3.8, 4) is 6.07 Å². The number of anilines is 3. The van der Waals surface area contributed by atoms with E-state index in [0.717, 1.165) is 22.5 Å². The predicted octanol–water partition coefficient (Wildman–Crippen LogP) is 4.87. The van der Waals surface area contributed by atoms with Crippen LogP contribution in [0.1, 0.15) is 32.7 Å². The molecule has 0 aliphatic heterocycles. The van der Waals surface area contributed by atoms with Crippen molar-refractivity contribution in [3.05, 3.63) is 82.7 Å². The van der Waals surface area contributed by atoms with E-state index in [0.29, 0.717) is 11.3 Å². The van der Waals surface area contributed by atoms with Gasteiger partial charge in [-0.15, -0.1) is 0 Å². The van der Waals surface area contributed by atoms with Gasteiger partial charge in [0.25, 0.3) is 5.91 Å². The molecular formula is C22H20N4O. The van der Waals surface area contributed by atoms with Crippen LogP contribution in [0.2, 0.25) is 0 Å². The van der Waals surface area contributed by atoms with E-state index in [4.69, 9.17) is 5.26 Å². The molecule has 0 fully saturated rings. The van der Waals surface area contributed by atoms with E-state index >= 15 is 0 Å². The summed E-state index contributed by atoms with van der Waals surface area (Å²) in [4.78, 5) is 16.7. The molecule has 0 saturated heterocycles. The second-order valence-electron chi connectivity index (χ2n) is 6.44. The number of aromatic nitrogens is 1. The Balaban J connectivity index is 1.84. The second-order valence-corrected chi connectivity index (χ2v) is 6.44. The quantitative estimate of drug-likeness (QED) is 0.699. The topological polar surface area (TPSA) is 77.8 Å². The number of nitriles is 1. The number of nitrogens with one attached hydrogen (secondary N) is 2. The summed E-state index contributed by atoms with van der Waals surface area (Å²) in [6.07, 6.45) is 1.59. The largest absolute Gasteiger partial charge is 0.355 e. The van der Waals surface area contributed by atoms with Gasteiger partial charge in [0.1, 0.15) is 11.8 Å². The highest BCUT2D eigenvalue weighted by atomic mass is 16.1. The first-order valence-electron chi connectivity index (χ1n) is 8.59. The zero-order chi connectivity index (χ0) is 19.4. The molecule has 0 bridgehead atoms. The number of hydrogen-bond donors (Lipinski definition) is 2. The molecule has 0 radical (unpaired) electrons. The van der Waals surface area contributed by atoms with Gasteiger partial charge in [-0.1, -0.05) is 29.8 Å². The van der Waals surface area contributed by atoms with E-state index in [1.807, 2.05) is 6.07 Å². The number of nitrogens with zero attached hydrogens (tertiary/aromatic N) is 2. The summed E-state index contributed by atoms with van der Waals surface area (Å²) in [5, 5.41) is 15.3. The molecule has 0 aliphatic carbocycles. The Bertz CT molecular complexity index is 1030. The Morgan fingerprint density at radius 2 is 1.74 bits per heavy atom. The van der Waals surface area contributed by atoms with Crippen molar-refractivity contribution >= 4 is 23.0 Å². The fourth-order valence-corrected chi connectivity index (χ4v) is 3.03. The molecule has 0 atom stereocenters. The van der Waals surface area contributed by atoms with Crippen LogP contribution in [0.4, 0.5) is 17.1 Å². The van der Waals surface area contributed by atoms with Gasteiger partial charge >= 0.3 is 0 Å². The molecular weight excluding hydrogens is 336 g/mol. The lowest BCUT2D eigenvalue weighted by Gasteiger charge is -2.14. The molecule has 27 heavy (non-hydrogen) atoms. The van der Waals surface area contributed by atoms with Gasteiger partial charge in [0.15, 0.2) is 0 Å². The zero-order valence-corrected chi connectivity index (χ0v) is 15.5. The highest BCUT2D eigenvalue weighted by Crippen LogP contribution is 2.26. The molecule has 1 aromatic heterocycles. The number of benzene rings is 2. The summed E-state index contributed by atoms with van der Waals surface area (Å²) in [5.41, 5.74) is 6.43. The first-order chi connectivity index (χ1) is 13.0. The lowest BCUT2D eigenvalue weighted by Crippen LogP contribution is -2.14. The standard InChI is InChI=1S/C22H20N4O/c1-14-10-15(2)21(16(3)11-14)25-18-8-9-24-20(12-18)22(27)26-19-7-5-4-6-17(19)13-23/h4-12H,1-3H3,(H,24,25)(H,26,27). The van der Waals surface area contributed by atoms with Crippen molar-refractivity contribution in [2.45, 2.75) is 20.8 Å². The van der Waals surface area contributed by atoms with Gasteiger partial charge < -0.3 is 10.6 Å². The molecule has 2 N–H and O–H groups in total. The van der Waals surface area contributed by atoms with Gasteiger partial charge in [0, 0.05) is 17.6 Å². The maximum atomic E-state index is 12.6. The van der Waals surface area contributed by atoms with Gasteiger partial charge in [-0.05, 0) is 56.2 Å². The molecule has 3 rings (SSSR count). The van der Waals surface area contributed by atoms with Gasteiger partial charge in [-0.3, -0.25) is 9.78 Å². The molecule has 0 spiro atoms. The van der Waals surface area contributed by atoms with E-state index < -0.39 is 0 Å². The van der Waals surface area contributed by atoms with Crippen molar-refractivity contribution < 1.29 is 4.79 Å². The molecule has 3 aromatic rings. The van der Waals surface area contributed by atoms with Crippen molar-refractivity contribution in [1.82, 2.24) is 4.98 Å². The summed E-state index contributed by atoms with van der Waals surface area (Å²) in [6.45, 7) is 6.17. The number of pyridine rings is 1. The molecule has 1 amide bonds. The Morgan fingerprint density at radius 1 is 1.04 bits per heavy atom. The first-order valence-corrected chi connectivity index (χ1v) is 8.59. The van der Waals surface area contributed by atoms with Gasteiger partial charge in [-0.2, -0.15) is 5.26 Å². The number of rotatable bonds is 4. The minimum Gasteiger partial charge on any atom is -0.355 e. The number of amides is 1. The van der Waals surface area contributed by atoms with Crippen LogP contribution in [-0.2, 0) is 0 Å². The van der Waals surface area contributed by atoms with Crippen molar-refractivity contribution in [1.29, 1.82) is 5.26 Å². The van der Waals surface area contributed by atoms with Crippen LogP contribution in [0.5, 0.6) is 0 Å². The number of aryl methyl sites for hydroxylation is 3. The summed E-state index contributed by atoms with van der Waals surface area (Å²) in [7, 11) is 0. The highest BCUT2D eigenvalue weighted by Gasteiger charge is 2.12. The number of carbonyl (C=O) groups excluding carboxylic acids is 1. The summed E-state index contributed by atoms with van der Waals surface area (Å²) in [5.74, 6) is -0.362. The van der Waals surface area contributed by atoms with Crippen LogP contribution in [0, 0.1) is 32.1 Å². The predicted molar refractivity (Wildman–Crippen MR) is 107 cm³/mol. The maximum Gasteiger partial charge on any atom is 0.274 e. The zero-order valence-electron chi connectivity index (χ0n) is 15.5. The SMILES string of the molecule is Cc1cc(C)c(Nc2ccnc(C(=O)Nc3ccccc3C#N)c2)c(C)c1. The van der Waals surface area contributed by atoms with E-state index in [2.05, 4.69) is 54.6 Å². The average Bonchev–Trinajstić information content (AvgIpc) is 2.65. The smallest absolute Gasteiger partial charge is 0.274 e. The van der Waals surface area contributed by atoms with Crippen LogP contribution < -0.4 is 10.6 Å². The third-order valence-electron chi connectivity index (χ3n) is 4.23. The summed E-state index contributed by atoms with van der Waals surface area (Å²) < 4.78 is 0. The van der Waals surface area contributed by atoms with Crippen molar-refractivity contribution in [2.75, 3.05) is 10.6 Å². The normalized spacial score (nSPS) is 10.1. The monoisotopic (exact) mass is 356 g/mol. The molecule has 5 nitrogen and oxygen atoms in total. The van der Waals surface area contributed by atoms with Crippen LogP contribution in [-0.4, -0.2) is 10.9 Å². The Morgan fingerprint density at radius 3 is 2.44 bits per heavy atom. The third kappa shape index (κ3) is 4.13. The minimum atomic E-state index is -0.362. The van der Waals surface area contributed by atoms with Crippen LogP contribution in [0.25, 0.3) is 0 Å².